The summed E-state index contributed by atoms with van der Waals surface area (Å²) in [5.41, 5.74) is 1.64. The number of carbonyl (C=O) groups is 1. The highest BCUT2D eigenvalue weighted by Crippen LogP contribution is 2.27. The highest BCUT2D eigenvalue weighted by atomic mass is 16.5. The maximum atomic E-state index is 11.9. The summed E-state index contributed by atoms with van der Waals surface area (Å²) >= 11 is 0. The molecule has 104 valence electrons. The number of aromatic nitrogens is 1. The highest BCUT2D eigenvalue weighted by molar-refractivity contribution is 5.93. The number of anilines is 2. The van der Waals surface area contributed by atoms with Crippen LogP contribution in [0.1, 0.15) is 6.92 Å². The van der Waals surface area contributed by atoms with Crippen LogP contribution in [0, 0.1) is 0 Å². The molecule has 0 unspecified atom stereocenters. The summed E-state index contributed by atoms with van der Waals surface area (Å²) in [4.78, 5) is 17.4. The van der Waals surface area contributed by atoms with E-state index in [4.69, 9.17) is 4.74 Å². The molecule has 0 aliphatic rings. The van der Waals surface area contributed by atoms with Crippen molar-refractivity contribution in [1.29, 1.82) is 0 Å². The molecule has 5 heteroatoms. The molecule has 1 amide bonds. The number of para-hydroxylation sites is 2. The van der Waals surface area contributed by atoms with Crippen LogP contribution in [0.2, 0.25) is 0 Å². The smallest absolute Gasteiger partial charge is 0.225 e. The third-order valence-electron chi connectivity index (χ3n) is 2.88. The SMILES string of the molecule is COc1ccccc1N(CNc1ccncc1)C(C)=O. The van der Waals surface area contributed by atoms with Gasteiger partial charge < -0.3 is 10.1 Å². The lowest BCUT2D eigenvalue weighted by Crippen LogP contribution is -2.33. The molecule has 1 N–H and O–H groups in total. The van der Waals surface area contributed by atoms with Crippen molar-refractivity contribution in [2.75, 3.05) is 24.0 Å². The van der Waals surface area contributed by atoms with Crippen molar-refractivity contribution in [3.05, 3.63) is 48.8 Å². The van der Waals surface area contributed by atoms with Crippen LogP contribution >= 0.6 is 0 Å². The summed E-state index contributed by atoms with van der Waals surface area (Å²) < 4.78 is 5.30. The minimum Gasteiger partial charge on any atom is -0.495 e. The van der Waals surface area contributed by atoms with Gasteiger partial charge in [0.15, 0.2) is 0 Å². The Hall–Kier alpha value is -2.56. The van der Waals surface area contributed by atoms with E-state index in [-0.39, 0.29) is 5.91 Å². The molecule has 1 aromatic carbocycles. The van der Waals surface area contributed by atoms with E-state index >= 15 is 0 Å². The van der Waals surface area contributed by atoms with Crippen LogP contribution in [0.5, 0.6) is 5.75 Å². The molecule has 5 nitrogen and oxygen atoms in total. The maximum absolute atomic E-state index is 11.9. The molecular weight excluding hydrogens is 254 g/mol. The number of hydrogen-bond acceptors (Lipinski definition) is 4. The van der Waals surface area contributed by atoms with Gasteiger partial charge in [0, 0.05) is 25.0 Å². The average molecular weight is 271 g/mol. The van der Waals surface area contributed by atoms with Gasteiger partial charge in [-0.1, -0.05) is 12.1 Å². The lowest BCUT2D eigenvalue weighted by Gasteiger charge is -2.24. The summed E-state index contributed by atoms with van der Waals surface area (Å²) in [6.07, 6.45) is 3.40. The van der Waals surface area contributed by atoms with Crippen molar-refractivity contribution in [2.45, 2.75) is 6.92 Å². The molecule has 0 radical (unpaired) electrons. The number of nitrogens with zero attached hydrogens (tertiary/aromatic N) is 2. The Balaban J connectivity index is 2.17. The summed E-state index contributed by atoms with van der Waals surface area (Å²) in [5, 5.41) is 3.19. The predicted molar refractivity (Wildman–Crippen MR) is 78.9 cm³/mol. The lowest BCUT2D eigenvalue weighted by atomic mass is 10.2. The van der Waals surface area contributed by atoms with Crippen LogP contribution < -0.4 is 15.0 Å². The van der Waals surface area contributed by atoms with Crippen LogP contribution in [0.3, 0.4) is 0 Å². The Morgan fingerprint density at radius 2 is 1.95 bits per heavy atom. The summed E-state index contributed by atoms with van der Waals surface area (Å²) in [6.45, 7) is 1.89. The van der Waals surface area contributed by atoms with Crippen LogP contribution in [0.25, 0.3) is 0 Å². The Morgan fingerprint density at radius 3 is 2.60 bits per heavy atom. The van der Waals surface area contributed by atoms with Gasteiger partial charge in [0.25, 0.3) is 0 Å². The monoisotopic (exact) mass is 271 g/mol. The molecule has 1 heterocycles. The van der Waals surface area contributed by atoms with E-state index in [0.717, 1.165) is 11.4 Å². The second-order valence-corrected chi connectivity index (χ2v) is 4.19. The van der Waals surface area contributed by atoms with Gasteiger partial charge in [-0.3, -0.25) is 14.7 Å². The Labute approximate surface area is 118 Å². The van der Waals surface area contributed by atoms with Crippen LogP contribution in [0.15, 0.2) is 48.8 Å². The summed E-state index contributed by atoms with van der Waals surface area (Å²) in [6, 6.07) is 11.1. The molecule has 0 saturated heterocycles. The second-order valence-electron chi connectivity index (χ2n) is 4.19. The van der Waals surface area contributed by atoms with Gasteiger partial charge in [-0.05, 0) is 24.3 Å². The number of amides is 1. The topological polar surface area (TPSA) is 54.5 Å². The van der Waals surface area contributed by atoms with E-state index in [9.17, 15) is 4.79 Å². The van der Waals surface area contributed by atoms with E-state index in [1.165, 1.54) is 6.92 Å². The van der Waals surface area contributed by atoms with Gasteiger partial charge >= 0.3 is 0 Å². The average Bonchev–Trinajstić information content (AvgIpc) is 2.48. The number of benzene rings is 1. The van der Waals surface area contributed by atoms with E-state index < -0.39 is 0 Å². The first kappa shape index (κ1) is 13.9. The van der Waals surface area contributed by atoms with Crippen LogP contribution in [0.4, 0.5) is 11.4 Å². The molecule has 0 spiro atoms. The van der Waals surface area contributed by atoms with Crippen molar-refractivity contribution >= 4 is 17.3 Å². The fourth-order valence-electron chi connectivity index (χ4n) is 1.86. The largest absolute Gasteiger partial charge is 0.495 e. The van der Waals surface area contributed by atoms with Crippen molar-refractivity contribution in [1.82, 2.24) is 4.98 Å². The number of carbonyl (C=O) groups excluding carboxylic acids is 1. The Bertz CT molecular complexity index is 572. The number of nitrogens with one attached hydrogen (secondary N) is 1. The maximum Gasteiger partial charge on any atom is 0.225 e. The van der Waals surface area contributed by atoms with Crippen LogP contribution in [-0.2, 0) is 4.79 Å². The molecule has 20 heavy (non-hydrogen) atoms. The van der Waals surface area contributed by atoms with Crippen molar-refractivity contribution in [2.24, 2.45) is 0 Å². The van der Waals surface area contributed by atoms with Gasteiger partial charge in [0.1, 0.15) is 5.75 Å². The molecule has 0 aliphatic carbocycles. The second kappa shape index (κ2) is 6.56. The first-order valence-electron chi connectivity index (χ1n) is 6.27. The third kappa shape index (κ3) is 3.26. The van der Waals surface area contributed by atoms with Crippen molar-refractivity contribution < 1.29 is 9.53 Å². The summed E-state index contributed by atoms with van der Waals surface area (Å²) in [7, 11) is 1.59. The van der Waals surface area contributed by atoms with Crippen molar-refractivity contribution in [3.63, 3.8) is 0 Å². The van der Waals surface area contributed by atoms with E-state index in [1.807, 2.05) is 36.4 Å². The molecule has 0 fully saturated rings. The van der Waals surface area contributed by atoms with E-state index in [1.54, 1.807) is 24.4 Å². The van der Waals surface area contributed by atoms with Gasteiger partial charge in [0.05, 0.1) is 19.5 Å². The Morgan fingerprint density at radius 1 is 1.25 bits per heavy atom. The first-order chi connectivity index (χ1) is 9.72. The van der Waals surface area contributed by atoms with Gasteiger partial charge in [-0.2, -0.15) is 0 Å². The zero-order valence-electron chi connectivity index (χ0n) is 11.5. The third-order valence-corrected chi connectivity index (χ3v) is 2.88. The molecule has 2 aromatic rings. The van der Waals surface area contributed by atoms with Gasteiger partial charge in [-0.25, -0.2) is 0 Å². The zero-order chi connectivity index (χ0) is 14.4. The number of methoxy groups -OCH3 is 1. The molecule has 0 saturated carbocycles. The minimum absolute atomic E-state index is 0.0592. The highest BCUT2D eigenvalue weighted by Gasteiger charge is 2.15. The van der Waals surface area contributed by atoms with E-state index in [0.29, 0.717) is 12.4 Å². The first-order valence-corrected chi connectivity index (χ1v) is 6.27. The van der Waals surface area contributed by atoms with Gasteiger partial charge in [0.2, 0.25) is 5.91 Å². The number of pyridine rings is 1. The number of hydrogen-bond donors (Lipinski definition) is 1. The molecule has 1 aromatic heterocycles. The fraction of sp³-hybridized carbons (Fsp3) is 0.200. The van der Waals surface area contributed by atoms with Crippen LogP contribution in [-0.4, -0.2) is 24.7 Å². The molecule has 0 bridgehead atoms. The normalized spacial score (nSPS) is 9.90. The molecule has 0 aliphatic heterocycles. The lowest BCUT2D eigenvalue weighted by molar-refractivity contribution is -0.116. The fourth-order valence-corrected chi connectivity index (χ4v) is 1.86. The zero-order valence-corrected chi connectivity index (χ0v) is 11.5. The molecule has 0 atom stereocenters. The standard InChI is InChI=1S/C15H17N3O2/c1-12(19)18(11-17-13-7-9-16-10-8-13)14-5-3-4-6-15(14)20-2/h3-10H,11H2,1-2H3,(H,16,17). The Kier molecular flexibility index (Phi) is 4.55. The van der Waals surface area contributed by atoms with Crippen molar-refractivity contribution in [3.8, 4) is 5.75 Å². The molecule has 2 rings (SSSR count). The number of rotatable bonds is 5. The summed E-state index contributed by atoms with van der Waals surface area (Å²) in [5.74, 6) is 0.607. The minimum atomic E-state index is -0.0592. The van der Waals surface area contributed by atoms with E-state index in [2.05, 4.69) is 10.3 Å². The predicted octanol–water partition coefficient (Wildman–Crippen LogP) is 2.51. The quantitative estimate of drug-likeness (QED) is 0.849. The number of ether oxygens (including phenoxy) is 1. The molecular formula is C15H17N3O2. The van der Waals surface area contributed by atoms with Gasteiger partial charge in [-0.15, -0.1) is 0 Å².